The van der Waals surface area contributed by atoms with Gasteiger partial charge in [0.2, 0.25) is 5.88 Å². The Balaban J connectivity index is 1.77. The Morgan fingerprint density at radius 3 is 2.63 bits per heavy atom. The Morgan fingerprint density at radius 2 is 1.85 bits per heavy atom. The molecule has 4 nitrogen and oxygen atoms in total. The molecule has 2 heterocycles. The molecule has 27 heavy (non-hydrogen) atoms. The Hall–Kier alpha value is -2.92. The molecule has 0 amide bonds. The normalized spacial score (nSPS) is 10.9. The summed E-state index contributed by atoms with van der Waals surface area (Å²) in [7, 11) is 0. The number of anilines is 1. The number of fused-ring (bicyclic) bond motifs is 1. The van der Waals surface area contributed by atoms with Gasteiger partial charge in [-0.05, 0) is 38.0 Å². The number of aromatic nitrogens is 2. The summed E-state index contributed by atoms with van der Waals surface area (Å²) < 4.78 is 6.19. The zero-order valence-corrected chi connectivity index (χ0v) is 16.4. The molecule has 5 heteroatoms. The largest absolute Gasteiger partial charge is 0.438 e. The van der Waals surface area contributed by atoms with E-state index in [0.29, 0.717) is 5.88 Å². The Labute approximate surface area is 162 Å². The topological polar surface area (TPSA) is 47.0 Å². The molecule has 0 spiro atoms. The van der Waals surface area contributed by atoms with E-state index >= 15 is 0 Å². The second kappa shape index (κ2) is 7.37. The van der Waals surface area contributed by atoms with Crippen molar-refractivity contribution in [3.05, 3.63) is 65.3 Å². The van der Waals surface area contributed by atoms with Gasteiger partial charge in [-0.15, -0.1) is 11.3 Å². The van der Waals surface area contributed by atoms with Gasteiger partial charge in [-0.2, -0.15) is 0 Å². The molecule has 0 bridgehead atoms. The van der Waals surface area contributed by atoms with E-state index in [0.717, 1.165) is 39.3 Å². The van der Waals surface area contributed by atoms with Gasteiger partial charge in [0.1, 0.15) is 16.9 Å². The molecule has 4 rings (SSSR count). The number of ether oxygens (including phenoxy) is 1. The zero-order chi connectivity index (χ0) is 18.8. The van der Waals surface area contributed by atoms with E-state index in [1.165, 1.54) is 11.1 Å². The molecular weight excluding hydrogens is 354 g/mol. The number of nitrogens with zero attached hydrogens (tertiary/aromatic N) is 2. The van der Waals surface area contributed by atoms with E-state index < -0.39 is 0 Å². The van der Waals surface area contributed by atoms with Gasteiger partial charge in [-0.1, -0.05) is 35.9 Å². The lowest BCUT2D eigenvalue weighted by Crippen LogP contribution is -1.99. The Morgan fingerprint density at radius 1 is 1.04 bits per heavy atom. The molecule has 2 aromatic carbocycles. The van der Waals surface area contributed by atoms with Crippen LogP contribution in [0.3, 0.4) is 0 Å². The third-order valence-corrected chi connectivity index (χ3v) is 5.38. The average Bonchev–Trinajstić information content (AvgIpc) is 3.10. The van der Waals surface area contributed by atoms with E-state index in [1.807, 2.05) is 12.1 Å². The molecule has 136 valence electrons. The smallest absolute Gasteiger partial charge is 0.231 e. The van der Waals surface area contributed by atoms with E-state index in [9.17, 15) is 0 Å². The maximum absolute atomic E-state index is 6.19. The van der Waals surface area contributed by atoms with E-state index in [4.69, 9.17) is 4.74 Å². The van der Waals surface area contributed by atoms with Crippen LogP contribution in [0.25, 0.3) is 21.3 Å². The highest BCUT2D eigenvalue weighted by Crippen LogP contribution is 2.39. The molecule has 0 aliphatic rings. The summed E-state index contributed by atoms with van der Waals surface area (Å²) in [6, 6.07) is 14.5. The van der Waals surface area contributed by atoms with Crippen LogP contribution in [0.2, 0.25) is 0 Å². The van der Waals surface area contributed by atoms with Gasteiger partial charge >= 0.3 is 0 Å². The minimum Gasteiger partial charge on any atom is -0.438 e. The monoisotopic (exact) mass is 375 g/mol. The van der Waals surface area contributed by atoms with Crippen LogP contribution >= 0.6 is 11.3 Å². The molecule has 0 fully saturated rings. The van der Waals surface area contributed by atoms with Crippen LogP contribution in [0.1, 0.15) is 18.1 Å². The molecule has 0 saturated heterocycles. The molecular formula is C22H21N3OS. The Bertz CT molecular complexity index is 1090. The van der Waals surface area contributed by atoms with Crippen LogP contribution in [0.5, 0.6) is 11.6 Å². The summed E-state index contributed by atoms with van der Waals surface area (Å²) >= 11 is 1.61. The second-order valence-electron chi connectivity index (χ2n) is 6.48. The molecule has 0 radical (unpaired) electrons. The lowest BCUT2D eigenvalue weighted by molar-refractivity contribution is 0.468. The van der Waals surface area contributed by atoms with Gasteiger partial charge in [0.15, 0.2) is 0 Å². The average molecular weight is 375 g/mol. The molecule has 0 unspecified atom stereocenters. The maximum atomic E-state index is 6.19. The quantitative estimate of drug-likeness (QED) is 0.451. The van der Waals surface area contributed by atoms with Gasteiger partial charge in [0, 0.05) is 29.2 Å². The first-order valence-corrected chi connectivity index (χ1v) is 9.85. The summed E-state index contributed by atoms with van der Waals surface area (Å²) in [4.78, 5) is 9.78. The fraction of sp³-hybridized carbons (Fsp3) is 0.182. The third-order valence-electron chi connectivity index (χ3n) is 4.49. The van der Waals surface area contributed by atoms with E-state index in [1.54, 1.807) is 17.7 Å². The predicted molar refractivity (Wildman–Crippen MR) is 113 cm³/mol. The van der Waals surface area contributed by atoms with Crippen molar-refractivity contribution in [2.75, 3.05) is 11.9 Å². The summed E-state index contributed by atoms with van der Waals surface area (Å²) in [5.74, 6) is 1.35. The van der Waals surface area contributed by atoms with Crippen molar-refractivity contribution in [2.45, 2.75) is 20.8 Å². The van der Waals surface area contributed by atoms with Crippen molar-refractivity contribution >= 4 is 27.2 Å². The molecule has 0 aliphatic carbocycles. The van der Waals surface area contributed by atoms with Crippen LogP contribution in [0.15, 0.2) is 54.2 Å². The Kier molecular flexibility index (Phi) is 4.77. The van der Waals surface area contributed by atoms with Crippen molar-refractivity contribution in [1.29, 1.82) is 0 Å². The highest BCUT2D eigenvalue weighted by atomic mass is 32.1. The zero-order valence-electron chi connectivity index (χ0n) is 15.6. The van der Waals surface area contributed by atoms with Gasteiger partial charge < -0.3 is 10.1 Å². The summed E-state index contributed by atoms with van der Waals surface area (Å²) in [6.07, 6.45) is 1.56. The molecule has 0 atom stereocenters. The van der Waals surface area contributed by atoms with Crippen LogP contribution in [-0.2, 0) is 0 Å². The first-order chi connectivity index (χ1) is 13.2. The number of aryl methyl sites for hydroxylation is 2. The minimum absolute atomic E-state index is 0.586. The van der Waals surface area contributed by atoms with Crippen molar-refractivity contribution in [2.24, 2.45) is 0 Å². The number of hydrogen-bond acceptors (Lipinski definition) is 5. The maximum Gasteiger partial charge on any atom is 0.231 e. The number of hydrogen-bond donors (Lipinski definition) is 1. The number of rotatable bonds is 5. The SMILES string of the molecule is CCNc1cc(Oc2ncnc3scc(-c4ccc(C)cc4)c23)ccc1C. The minimum atomic E-state index is 0.586. The highest BCUT2D eigenvalue weighted by Gasteiger charge is 2.15. The molecule has 1 N–H and O–H groups in total. The molecule has 0 aliphatic heterocycles. The fourth-order valence-electron chi connectivity index (χ4n) is 3.03. The fourth-order valence-corrected chi connectivity index (χ4v) is 3.93. The molecule has 4 aromatic rings. The van der Waals surface area contributed by atoms with E-state index in [-0.39, 0.29) is 0 Å². The van der Waals surface area contributed by atoms with Crippen LogP contribution in [0.4, 0.5) is 5.69 Å². The third kappa shape index (κ3) is 3.51. The first-order valence-electron chi connectivity index (χ1n) is 8.97. The lowest BCUT2D eigenvalue weighted by Gasteiger charge is -2.11. The van der Waals surface area contributed by atoms with Gasteiger partial charge in [-0.3, -0.25) is 0 Å². The summed E-state index contributed by atoms with van der Waals surface area (Å²) in [5, 5.41) is 6.44. The van der Waals surface area contributed by atoms with Crippen LogP contribution in [-0.4, -0.2) is 16.5 Å². The van der Waals surface area contributed by atoms with Crippen molar-refractivity contribution in [1.82, 2.24) is 9.97 Å². The number of nitrogens with one attached hydrogen (secondary N) is 1. The van der Waals surface area contributed by atoms with Gasteiger partial charge in [-0.25, -0.2) is 9.97 Å². The number of benzene rings is 2. The van der Waals surface area contributed by atoms with Gasteiger partial charge in [0.05, 0.1) is 5.39 Å². The molecule has 2 aromatic heterocycles. The first kappa shape index (κ1) is 17.5. The number of thiophene rings is 1. The van der Waals surface area contributed by atoms with Gasteiger partial charge in [0.25, 0.3) is 0 Å². The summed E-state index contributed by atoms with van der Waals surface area (Å²) in [6.45, 7) is 7.12. The predicted octanol–water partition coefficient (Wildman–Crippen LogP) is 6.20. The summed E-state index contributed by atoms with van der Waals surface area (Å²) in [5.41, 5.74) is 5.74. The second-order valence-corrected chi connectivity index (χ2v) is 7.34. The van der Waals surface area contributed by atoms with E-state index in [2.05, 4.69) is 71.8 Å². The van der Waals surface area contributed by atoms with Crippen molar-refractivity contribution in [3.63, 3.8) is 0 Å². The standard InChI is InChI=1S/C22H21N3OS/c1-4-23-19-11-17(10-7-15(19)3)26-21-20-18(12-27-22(20)25-13-24-21)16-8-5-14(2)6-9-16/h5-13,23H,4H2,1-3H3. The molecule has 0 saturated carbocycles. The highest BCUT2D eigenvalue weighted by molar-refractivity contribution is 7.17. The van der Waals surface area contributed by atoms with Crippen molar-refractivity contribution in [3.8, 4) is 22.8 Å². The van der Waals surface area contributed by atoms with Crippen LogP contribution < -0.4 is 10.1 Å². The lowest BCUT2D eigenvalue weighted by atomic mass is 10.0. The van der Waals surface area contributed by atoms with Crippen molar-refractivity contribution < 1.29 is 4.74 Å². The van der Waals surface area contributed by atoms with Crippen LogP contribution in [0, 0.1) is 13.8 Å².